The molecule has 4 rings (SSSR count). The van der Waals surface area contributed by atoms with E-state index in [1.54, 1.807) is 18.7 Å². The van der Waals surface area contributed by atoms with Gasteiger partial charge in [-0.2, -0.15) is 4.58 Å². The molecule has 2 amide bonds. The van der Waals surface area contributed by atoms with Crippen molar-refractivity contribution in [2.75, 3.05) is 20.7 Å². The first-order valence-electron chi connectivity index (χ1n) is 11.1. The summed E-state index contributed by atoms with van der Waals surface area (Å²) in [5.41, 5.74) is 3.80. The summed E-state index contributed by atoms with van der Waals surface area (Å²) >= 11 is 1.51. The normalized spacial score (nSPS) is 21.8. The predicted octanol–water partition coefficient (Wildman–Crippen LogP) is 4.26. The van der Waals surface area contributed by atoms with Gasteiger partial charge in [-0.3, -0.25) is 4.79 Å². The van der Waals surface area contributed by atoms with Crippen molar-refractivity contribution in [2.45, 2.75) is 37.4 Å². The molecule has 3 aliphatic rings. The number of carbonyl (C=O) groups is 2. The highest BCUT2D eigenvalue weighted by atomic mass is 32.2. The summed E-state index contributed by atoms with van der Waals surface area (Å²) < 4.78 is 6.93. The van der Waals surface area contributed by atoms with Crippen LogP contribution in [0.1, 0.15) is 37.7 Å². The number of nitrogens with one attached hydrogen (secondary N) is 1. The zero-order valence-electron chi connectivity index (χ0n) is 18.6. The van der Waals surface area contributed by atoms with E-state index < -0.39 is 0 Å². The minimum Gasteiger partial charge on any atom is -0.497 e. The van der Waals surface area contributed by atoms with Gasteiger partial charge in [0.1, 0.15) is 23.0 Å². The molecule has 1 heterocycles. The maximum Gasteiger partial charge on any atom is 0.425 e. The molecule has 0 fully saturated rings. The van der Waals surface area contributed by atoms with E-state index in [2.05, 4.69) is 11.4 Å². The lowest BCUT2D eigenvalue weighted by Crippen LogP contribution is -2.37. The van der Waals surface area contributed by atoms with Crippen LogP contribution in [0.15, 0.2) is 64.6 Å². The number of allylic oxidation sites excluding steroid dienone is 2. The third kappa shape index (κ3) is 5.13. The molecule has 1 aliphatic heterocycles. The van der Waals surface area contributed by atoms with Crippen molar-refractivity contribution in [3.05, 3.63) is 70.2 Å². The second-order valence-corrected chi connectivity index (χ2v) is 9.37. The van der Waals surface area contributed by atoms with E-state index in [-0.39, 0.29) is 17.1 Å². The number of hydrogen-bond acceptors (Lipinski definition) is 4. The van der Waals surface area contributed by atoms with Gasteiger partial charge in [0.25, 0.3) is 5.91 Å². The van der Waals surface area contributed by atoms with E-state index in [9.17, 15) is 9.59 Å². The Hall–Kier alpha value is -2.86. The number of nitrogens with zero attached hydrogens (tertiary/aromatic N) is 1. The second-order valence-electron chi connectivity index (χ2n) is 8.19. The zero-order valence-corrected chi connectivity index (χ0v) is 19.4. The lowest BCUT2D eigenvalue weighted by Gasteiger charge is -2.21. The highest BCUT2D eigenvalue weighted by Gasteiger charge is 2.37. The molecule has 32 heavy (non-hydrogen) atoms. The smallest absolute Gasteiger partial charge is 0.425 e. The number of thioether (sulfide) groups is 1. The van der Waals surface area contributed by atoms with Gasteiger partial charge in [-0.1, -0.05) is 47.7 Å². The largest absolute Gasteiger partial charge is 0.497 e. The van der Waals surface area contributed by atoms with Crippen LogP contribution in [0.3, 0.4) is 0 Å². The first kappa shape index (κ1) is 22.3. The fourth-order valence-electron chi connectivity index (χ4n) is 4.13. The Morgan fingerprint density at radius 3 is 3.00 bits per heavy atom. The van der Waals surface area contributed by atoms with E-state index >= 15 is 0 Å². The molecule has 1 aromatic rings. The molecule has 0 radical (unpaired) electrons. The van der Waals surface area contributed by atoms with Gasteiger partial charge in [-0.05, 0) is 55.9 Å². The summed E-state index contributed by atoms with van der Waals surface area (Å²) in [4.78, 5) is 26.3. The van der Waals surface area contributed by atoms with Crippen LogP contribution >= 0.6 is 11.8 Å². The molecule has 1 unspecified atom stereocenters. The maximum absolute atomic E-state index is 13.0. The quantitative estimate of drug-likeness (QED) is 0.400. The molecule has 0 saturated carbocycles. The number of ether oxygens (including phenoxy) is 1. The monoisotopic (exact) mass is 449 g/mol. The Labute approximate surface area is 193 Å². The van der Waals surface area contributed by atoms with Crippen molar-refractivity contribution in [3.8, 4) is 5.75 Å². The first-order valence-corrected chi connectivity index (χ1v) is 12.0. The Morgan fingerprint density at radius 1 is 1.34 bits per heavy atom. The van der Waals surface area contributed by atoms with E-state index in [0.717, 1.165) is 36.3 Å². The Kier molecular flexibility index (Phi) is 7.10. The summed E-state index contributed by atoms with van der Waals surface area (Å²) in [6.07, 6.45) is 15.6. The van der Waals surface area contributed by atoms with E-state index in [0.29, 0.717) is 17.0 Å². The van der Waals surface area contributed by atoms with Gasteiger partial charge >= 0.3 is 5.91 Å². The molecule has 5 nitrogen and oxygen atoms in total. The number of amides is 2. The number of fused-ring (bicyclic) bond motifs is 1. The van der Waals surface area contributed by atoms with Crippen LogP contribution in [0.4, 0.5) is 0 Å². The molecular formula is C26H29N2O3S+. The van der Waals surface area contributed by atoms with Gasteiger partial charge in [0.05, 0.1) is 7.11 Å². The second kappa shape index (κ2) is 10.2. The van der Waals surface area contributed by atoms with E-state index in [1.165, 1.54) is 30.2 Å². The summed E-state index contributed by atoms with van der Waals surface area (Å²) in [6, 6.07) is 7.64. The van der Waals surface area contributed by atoms with Crippen molar-refractivity contribution in [3.63, 3.8) is 0 Å². The summed E-state index contributed by atoms with van der Waals surface area (Å²) in [5.74, 6) is 0.593. The van der Waals surface area contributed by atoms with Crippen LogP contribution in [-0.4, -0.2) is 48.1 Å². The highest BCUT2D eigenvalue weighted by molar-refractivity contribution is 8.05. The lowest BCUT2D eigenvalue weighted by molar-refractivity contribution is -0.413. The minimum atomic E-state index is -0.0906. The zero-order chi connectivity index (χ0) is 22.5. The van der Waals surface area contributed by atoms with E-state index in [4.69, 9.17) is 4.74 Å². The van der Waals surface area contributed by atoms with Gasteiger partial charge in [-0.25, -0.2) is 4.79 Å². The standard InChI is InChI=1S/C26H28N2O3S/c1-28-22-17-20(25(29)27-14-13-18-7-4-3-5-8-18)11-12-23(22)32-24(26(28)30)16-19-9-6-10-21(15-19)31-2/h6-7,9-12,15-17,23H,3-5,8,13-14H2,1-2H3/p+1/b24-16-. The van der Waals surface area contributed by atoms with Gasteiger partial charge in [0, 0.05) is 18.2 Å². The number of benzene rings is 1. The average Bonchev–Trinajstić information content (AvgIpc) is 2.83. The molecule has 0 aromatic heterocycles. The number of carbonyl (C=O) groups excluding carboxylic acids is 2. The Morgan fingerprint density at radius 2 is 2.22 bits per heavy atom. The molecule has 6 heteroatoms. The van der Waals surface area contributed by atoms with Crippen molar-refractivity contribution >= 4 is 35.4 Å². The molecule has 1 aromatic carbocycles. The topological polar surface area (TPSA) is 58.4 Å². The number of likely N-dealkylation sites (N-methyl/N-ethyl adjacent to an activating group) is 1. The number of hydrogen-bond donors (Lipinski definition) is 1. The lowest BCUT2D eigenvalue weighted by atomic mass is 9.97. The van der Waals surface area contributed by atoms with Gasteiger partial charge in [0.15, 0.2) is 0 Å². The fourth-order valence-corrected chi connectivity index (χ4v) is 5.35. The van der Waals surface area contributed by atoms with Crippen molar-refractivity contribution in [1.29, 1.82) is 0 Å². The SMILES string of the molecule is COc1cccc(/C=C2\SC3C=CC(C(=O)NCCC4=CCCCC4)=CC3=[N+](C)C2=O)c1. The molecule has 1 N–H and O–H groups in total. The fraction of sp³-hybridized carbons (Fsp3) is 0.346. The molecule has 0 saturated heterocycles. The van der Waals surface area contributed by atoms with E-state index in [1.807, 2.05) is 48.6 Å². The van der Waals surface area contributed by atoms with Crippen LogP contribution in [0.5, 0.6) is 5.75 Å². The summed E-state index contributed by atoms with van der Waals surface area (Å²) in [6.45, 7) is 0.644. The number of methoxy groups -OCH3 is 1. The van der Waals surface area contributed by atoms with Gasteiger partial charge < -0.3 is 10.1 Å². The highest BCUT2D eigenvalue weighted by Crippen LogP contribution is 2.33. The Bertz CT molecular complexity index is 1080. The van der Waals surface area contributed by atoms with Crippen molar-refractivity contribution in [2.24, 2.45) is 0 Å². The molecule has 166 valence electrons. The third-order valence-corrected chi connectivity index (χ3v) is 7.17. The van der Waals surface area contributed by atoms with Crippen LogP contribution in [0, 0.1) is 0 Å². The number of rotatable bonds is 6. The Balaban J connectivity index is 1.46. The molecule has 0 bridgehead atoms. The van der Waals surface area contributed by atoms with Crippen LogP contribution in [0.25, 0.3) is 6.08 Å². The summed E-state index contributed by atoms with van der Waals surface area (Å²) in [7, 11) is 3.40. The van der Waals surface area contributed by atoms with Crippen LogP contribution in [0.2, 0.25) is 0 Å². The van der Waals surface area contributed by atoms with Crippen molar-refractivity contribution < 1.29 is 18.9 Å². The average molecular weight is 450 g/mol. The molecule has 0 spiro atoms. The molecule has 1 atom stereocenters. The third-order valence-electron chi connectivity index (χ3n) is 5.97. The minimum absolute atomic E-state index is 0.00139. The van der Waals surface area contributed by atoms with Crippen LogP contribution < -0.4 is 10.1 Å². The molecule has 2 aliphatic carbocycles. The molecular weight excluding hydrogens is 420 g/mol. The van der Waals surface area contributed by atoms with Gasteiger partial charge in [-0.15, -0.1) is 0 Å². The van der Waals surface area contributed by atoms with Crippen molar-refractivity contribution in [1.82, 2.24) is 5.32 Å². The predicted molar refractivity (Wildman–Crippen MR) is 130 cm³/mol. The first-order chi connectivity index (χ1) is 15.5. The summed E-state index contributed by atoms with van der Waals surface area (Å²) in [5, 5.41) is 3.03. The maximum atomic E-state index is 13.0. The van der Waals surface area contributed by atoms with Gasteiger partial charge in [0.2, 0.25) is 5.71 Å². The van der Waals surface area contributed by atoms with Crippen LogP contribution in [-0.2, 0) is 9.59 Å².